The molecule has 8 heteroatoms. The number of esters is 1. The highest BCUT2D eigenvalue weighted by molar-refractivity contribution is 5.72. The van der Waals surface area contributed by atoms with Gasteiger partial charge in [0.15, 0.2) is 6.29 Å². The third-order valence-corrected chi connectivity index (χ3v) is 3.71. The number of aliphatic hydroxyl groups is 4. The predicted molar refractivity (Wildman–Crippen MR) is 65.5 cm³/mol. The van der Waals surface area contributed by atoms with Gasteiger partial charge < -0.3 is 35.2 Å². The summed E-state index contributed by atoms with van der Waals surface area (Å²) >= 11 is 0. The molecular formula is C12H21NO7. The van der Waals surface area contributed by atoms with E-state index in [1.54, 1.807) is 0 Å². The van der Waals surface area contributed by atoms with Crippen molar-refractivity contribution in [1.82, 2.24) is 5.32 Å². The first-order valence-corrected chi connectivity index (χ1v) is 6.75. The number of hydrogen-bond acceptors (Lipinski definition) is 8. The molecule has 0 spiro atoms. The molecule has 0 aromatic heterocycles. The van der Waals surface area contributed by atoms with E-state index in [2.05, 4.69) is 5.32 Å². The van der Waals surface area contributed by atoms with Crippen LogP contribution in [0.3, 0.4) is 0 Å². The fraction of sp³-hybridized carbons (Fsp3) is 0.917. The molecule has 0 bridgehead atoms. The molecule has 2 fully saturated rings. The molecule has 2 saturated heterocycles. The average Bonchev–Trinajstić information content (AvgIpc) is 2.48. The molecule has 0 aromatic rings. The second-order valence-electron chi connectivity index (χ2n) is 5.21. The standard InChI is InChI=1S/C12H21NO7/c14-8-7(20-12(18)10(16)9(8)15)5-19-11(17)6-2-1-3-13-4-6/h6-10,12-16,18H,1-5H2/t6?,7-,8-,9+,10-,12+/m1/s1. The molecule has 0 amide bonds. The number of aliphatic hydroxyl groups excluding tert-OH is 4. The van der Waals surface area contributed by atoms with Gasteiger partial charge in [0.1, 0.15) is 31.0 Å². The van der Waals surface area contributed by atoms with Crippen molar-refractivity contribution in [3.05, 3.63) is 0 Å². The van der Waals surface area contributed by atoms with E-state index in [0.717, 1.165) is 19.4 Å². The van der Waals surface area contributed by atoms with Crippen molar-refractivity contribution in [3.63, 3.8) is 0 Å². The van der Waals surface area contributed by atoms with E-state index in [4.69, 9.17) is 9.47 Å². The summed E-state index contributed by atoms with van der Waals surface area (Å²) in [5.74, 6) is -0.631. The average molecular weight is 291 g/mol. The molecule has 2 rings (SSSR count). The van der Waals surface area contributed by atoms with Crippen LogP contribution in [0.15, 0.2) is 0 Å². The van der Waals surface area contributed by atoms with E-state index in [1.165, 1.54) is 0 Å². The van der Waals surface area contributed by atoms with Crippen molar-refractivity contribution in [2.75, 3.05) is 19.7 Å². The maximum absolute atomic E-state index is 11.8. The fourth-order valence-electron chi connectivity index (χ4n) is 2.40. The van der Waals surface area contributed by atoms with Crippen LogP contribution in [0.4, 0.5) is 0 Å². The van der Waals surface area contributed by atoms with Crippen molar-refractivity contribution in [1.29, 1.82) is 0 Å². The molecule has 2 aliphatic heterocycles. The molecular weight excluding hydrogens is 270 g/mol. The third kappa shape index (κ3) is 3.46. The van der Waals surface area contributed by atoms with Crippen molar-refractivity contribution in [2.24, 2.45) is 5.92 Å². The maximum atomic E-state index is 11.8. The van der Waals surface area contributed by atoms with Crippen LogP contribution in [-0.4, -0.2) is 76.8 Å². The molecule has 2 heterocycles. The number of piperidine rings is 1. The van der Waals surface area contributed by atoms with Crippen LogP contribution in [0, 0.1) is 5.92 Å². The first-order valence-electron chi connectivity index (χ1n) is 6.75. The van der Waals surface area contributed by atoms with Crippen LogP contribution < -0.4 is 5.32 Å². The van der Waals surface area contributed by atoms with Crippen molar-refractivity contribution in [3.8, 4) is 0 Å². The lowest BCUT2D eigenvalue weighted by Gasteiger charge is -2.38. The summed E-state index contributed by atoms with van der Waals surface area (Å²) in [5, 5.41) is 41.0. The quantitative estimate of drug-likeness (QED) is 0.356. The number of carbonyl (C=O) groups is 1. The van der Waals surface area contributed by atoms with Gasteiger partial charge in [0.05, 0.1) is 5.92 Å². The Morgan fingerprint density at radius 1 is 1.20 bits per heavy atom. The molecule has 6 atom stereocenters. The van der Waals surface area contributed by atoms with Gasteiger partial charge in [0.2, 0.25) is 0 Å². The minimum Gasteiger partial charge on any atom is -0.463 e. The Hall–Kier alpha value is -0.770. The van der Waals surface area contributed by atoms with Gasteiger partial charge in [-0.3, -0.25) is 4.79 Å². The molecule has 0 aromatic carbocycles. The van der Waals surface area contributed by atoms with Gasteiger partial charge in [-0.15, -0.1) is 0 Å². The Kier molecular flexibility index (Phi) is 5.30. The Balaban J connectivity index is 1.82. The number of ether oxygens (including phenoxy) is 2. The van der Waals surface area contributed by atoms with E-state index >= 15 is 0 Å². The summed E-state index contributed by atoms with van der Waals surface area (Å²) in [6, 6.07) is 0. The normalized spacial score (nSPS) is 42.2. The second-order valence-corrected chi connectivity index (χ2v) is 5.21. The number of hydrogen-bond donors (Lipinski definition) is 5. The molecule has 1 unspecified atom stereocenters. The van der Waals surface area contributed by atoms with Gasteiger partial charge in [0, 0.05) is 6.54 Å². The summed E-state index contributed by atoms with van der Waals surface area (Å²) in [7, 11) is 0. The predicted octanol–water partition coefficient (Wildman–Crippen LogP) is -2.67. The first-order chi connectivity index (χ1) is 9.50. The van der Waals surface area contributed by atoms with Crippen molar-refractivity contribution < 1.29 is 34.7 Å². The lowest BCUT2D eigenvalue weighted by atomic mass is 9.99. The van der Waals surface area contributed by atoms with E-state index < -0.39 is 36.7 Å². The van der Waals surface area contributed by atoms with E-state index in [-0.39, 0.29) is 12.5 Å². The number of nitrogens with one attached hydrogen (secondary N) is 1. The van der Waals surface area contributed by atoms with Gasteiger partial charge in [-0.25, -0.2) is 0 Å². The van der Waals surface area contributed by atoms with Crippen LogP contribution in [0.1, 0.15) is 12.8 Å². The SMILES string of the molecule is O=C(OC[C@H]1O[C@H](O)[C@H](O)[C@@H](O)[C@@H]1O)C1CCCNC1. The smallest absolute Gasteiger partial charge is 0.310 e. The zero-order valence-electron chi connectivity index (χ0n) is 11.0. The summed E-state index contributed by atoms with van der Waals surface area (Å²) in [4.78, 5) is 11.8. The van der Waals surface area contributed by atoms with Crippen LogP contribution in [0.25, 0.3) is 0 Å². The zero-order chi connectivity index (χ0) is 14.7. The summed E-state index contributed by atoms with van der Waals surface area (Å²) in [6.07, 6.45) is -5.60. The third-order valence-electron chi connectivity index (χ3n) is 3.71. The summed E-state index contributed by atoms with van der Waals surface area (Å²) in [6.45, 7) is 1.15. The highest BCUT2D eigenvalue weighted by Gasteiger charge is 2.43. The van der Waals surface area contributed by atoms with Gasteiger partial charge in [-0.05, 0) is 19.4 Å². The Labute approximate surface area is 116 Å². The summed E-state index contributed by atoms with van der Waals surface area (Å²) in [5.41, 5.74) is 0. The van der Waals surface area contributed by atoms with Gasteiger partial charge >= 0.3 is 5.97 Å². The second kappa shape index (κ2) is 6.79. The highest BCUT2D eigenvalue weighted by Crippen LogP contribution is 2.20. The Morgan fingerprint density at radius 2 is 1.95 bits per heavy atom. The lowest BCUT2D eigenvalue weighted by molar-refractivity contribution is -0.287. The topological polar surface area (TPSA) is 128 Å². The van der Waals surface area contributed by atoms with Gasteiger partial charge in [-0.1, -0.05) is 0 Å². The van der Waals surface area contributed by atoms with Gasteiger partial charge in [0.25, 0.3) is 0 Å². The first kappa shape index (κ1) is 15.6. The number of carbonyl (C=O) groups excluding carboxylic acids is 1. The zero-order valence-corrected chi connectivity index (χ0v) is 11.0. The van der Waals surface area contributed by atoms with Crippen molar-refractivity contribution >= 4 is 5.97 Å². The van der Waals surface area contributed by atoms with Gasteiger partial charge in [-0.2, -0.15) is 0 Å². The molecule has 116 valence electrons. The molecule has 0 aliphatic carbocycles. The highest BCUT2D eigenvalue weighted by atomic mass is 16.6. The lowest BCUT2D eigenvalue weighted by Crippen LogP contribution is -2.58. The molecule has 2 aliphatic rings. The Morgan fingerprint density at radius 3 is 2.60 bits per heavy atom. The van der Waals surface area contributed by atoms with Crippen LogP contribution in [-0.2, 0) is 14.3 Å². The molecule has 20 heavy (non-hydrogen) atoms. The minimum absolute atomic E-state index is 0.232. The van der Waals surface area contributed by atoms with E-state index in [1.807, 2.05) is 0 Å². The number of rotatable bonds is 3. The largest absolute Gasteiger partial charge is 0.463 e. The summed E-state index contributed by atoms with van der Waals surface area (Å²) < 4.78 is 9.98. The molecule has 8 nitrogen and oxygen atoms in total. The maximum Gasteiger partial charge on any atom is 0.310 e. The van der Waals surface area contributed by atoms with Crippen molar-refractivity contribution in [2.45, 2.75) is 43.5 Å². The molecule has 0 radical (unpaired) electrons. The van der Waals surface area contributed by atoms with Crippen LogP contribution >= 0.6 is 0 Å². The van der Waals surface area contributed by atoms with E-state index in [9.17, 15) is 25.2 Å². The monoisotopic (exact) mass is 291 g/mol. The Bertz CT molecular complexity index is 334. The minimum atomic E-state index is -1.62. The molecule has 5 N–H and O–H groups in total. The fourth-order valence-corrected chi connectivity index (χ4v) is 2.40. The molecule has 0 saturated carbocycles. The van der Waals surface area contributed by atoms with Crippen LogP contribution in [0.2, 0.25) is 0 Å². The van der Waals surface area contributed by atoms with Crippen LogP contribution in [0.5, 0.6) is 0 Å². The van der Waals surface area contributed by atoms with E-state index in [0.29, 0.717) is 6.54 Å².